The van der Waals surface area contributed by atoms with Gasteiger partial charge < -0.3 is 4.90 Å². The van der Waals surface area contributed by atoms with Crippen LogP contribution >= 0.6 is 0 Å². The van der Waals surface area contributed by atoms with Crippen molar-refractivity contribution in [3.63, 3.8) is 0 Å². The zero-order chi connectivity index (χ0) is 25.2. The van der Waals surface area contributed by atoms with Crippen molar-refractivity contribution in [2.24, 2.45) is 5.41 Å². The van der Waals surface area contributed by atoms with Gasteiger partial charge in [0, 0.05) is 49.5 Å². The SMILES string of the molecule is CC#Cc1cc(C)c(C2C(=O)CC3(CCN(C(=O)CC(=O)c4ccncc4)CC3)CC2=O)c(C)c1. The van der Waals surface area contributed by atoms with E-state index in [0.717, 1.165) is 22.3 Å². The Hall–Kier alpha value is -3.59. The fraction of sp³-hybridized carbons (Fsp3) is 0.414. The molecule has 35 heavy (non-hydrogen) atoms. The van der Waals surface area contributed by atoms with Crippen LogP contribution in [0.15, 0.2) is 36.7 Å². The molecule has 4 rings (SSSR count). The summed E-state index contributed by atoms with van der Waals surface area (Å²) in [5, 5.41) is 0. The third-order valence-electron chi connectivity index (χ3n) is 7.39. The molecule has 6 nitrogen and oxygen atoms in total. The number of benzene rings is 1. The van der Waals surface area contributed by atoms with Gasteiger partial charge in [0.15, 0.2) is 5.78 Å². The predicted octanol–water partition coefficient (Wildman–Crippen LogP) is 3.97. The third-order valence-corrected chi connectivity index (χ3v) is 7.39. The van der Waals surface area contributed by atoms with Crippen molar-refractivity contribution in [3.8, 4) is 11.8 Å². The number of carbonyl (C=O) groups is 4. The van der Waals surface area contributed by atoms with Crippen molar-refractivity contribution >= 4 is 23.3 Å². The minimum absolute atomic E-state index is 0.0329. The number of aromatic nitrogens is 1. The Morgan fingerprint density at radius 1 is 1.03 bits per heavy atom. The highest BCUT2D eigenvalue weighted by Gasteiger charge is 2.47. The molecule has 1 saturated heterocycles. The fourth-order valence-electron chi connectivity index (χ4n) is 5.63. The molecule has 0 radical (unpaired) electrons. The number of carbonyl (C=O) groups excluding carboxylic acids is 4. The number of likely N-dealkylation sites (tertiary alicyclic amines) is 1. The maximum absolute atomic E-state index is 13.3. The minimum Gasteiger partial charge on any atom is -0.342 e. The molecule has 0 atom stereocenters. The first-order valence-corrected chi connectivity index (χ1v) is 12.0. The molecule has 1 aliphatic carbocycles. The molecule has 1 amide bonds. The lowest BCUT2D eigenvalue weighted by Crippen LogP contribution is -2.48. The van der Waals surface area contributed by atoms with Crippen LogP contribution in [0.4, 0.5) is 0 Å². The van der Waals surface area contributed by atoms with Gasteiger partial charge in [0.25, 0.3) is 0 Å². The molecular formula is C29H30N2O4. The molecule has 1 saturated carbocycles. The largest absolute Gasteiger partial charge is 0.342 e. The van der Waals surface area contributed by atoms with Gasteiger partial charge in [-0.1, -0.05) is 5.92 Å². The predicted molar refractivity (Wildman–Crippen MR) is 132 cm³/mol. The lowest BCUT2D eigenvalue weighted by molar-refractivity contribution is -0.140. The van der Waals surface area contributed by atoms with Gasteiger partial charge >= 0.3 is 0 Å². The Morgan fingerprint density at radius 3 is 2.14 bits per heavy atom. The molecule has 0 N–H and O–H groups in total. The van der Waals surface area contributed by atoms with Gasteiger partial charge in [-0.25, -0.2) is 0 Å². The second-order valence-electron chi connectivity index (χ2n) is 9.83. The van der Waals surface area contributed by atoms with Crippen LogP contribution in [0, 0.1) is 31.1 Å². The van der Waals surface area contributed by atoms with E-state index in [4.69, 9.17) is 0 Å². The topological polar surface area (TPSA) is 84.4 Å². The average Bonchev–Trinajstić information content (AvgIpc) is 2.81. The van der Waals surface area contributed by atoms with Crippen molar-refractivity contribution in [2.75, 3.05) is 13.1 Å². The Balaban J connectivity index is 1.42. The molecule has 6 heteroatoms. The molecular weight excluding hydrogens is 440 g/mol. The second-order valence-corrected chi connectivity index (χ2v) is 9.83. The Kier molecular flexibility index (Phi) is 6.98. The summed E-state index contributed by atoms with van der Waals surface area (Å²) in [6.45, 7) is 6.56. The Morgan fingerprint density at radius 2 is 1.60 bits per heavy atom. The van der Waals surface area contributed by atoms with E-state index in [2.05, 4.69) is 16.8 Å². The van der Waals surface area contributed by atoms with Gasteiger partial charge in [0.2, 0.25) is 5.91 Å². The Bertz CT molecular complexity index is 1200. The third kappa shape index (κ3) is 5.09. The number of piperidine rings is 1. The first-order valence-electron chi connectivity index (χ1n) is 12.0. The van der Waals surface area contributed by atoms with Crippen LogP contribution in [0.2, 0.25) is 0 Å². The van der Waals surface area contributed by atoms with Crippen molar-refractivity contribution in [3.05, 3.63) is 64.5 Å². The molecule has 1 aromatic carbocycles. The van der Waals surface area contributed by atoms with Gasteiger partial charge in [-0.2, -0.15) is 0 Å². The van der Waals surface area contributed by atoms with Crippen LogP contribution < -0.4 is 0 Å². The highest BCUT2D eigenvalue weighted by molar-refractivity contribution is 6.11. The summed E-state index contributed by atoms with van der Waals surface area (Å²) in [7, 11) is 0. The smallest absolute Gasteiger partial charge is 0.230 e. The van der Waals surface area contributed by atoms with Crippen LogP contribution in [-0.4, -0.2) is 46.2 Å². The van der Waals surface area contributed by atoms with Crippen molar-refractivity contribution in [1.29, 1.82) is 0 Å². The van der Waals surface area contributed by atoms with Crippen LogP contribution in [-0.2, 0) is 14.4 Å². The zero-order valence-corrected chi connectivity index (χ0v) is 20.5. The molecule has 1 aromatic heterocycles. The molecule has 1 spiro atoms. The number of hydrogen-bond donors (Lipinski definition) is 0. The van der Waals surface area contributed by atoms with Crippen LogP contribution in [0.3, 0.4) is 0 Å². The normalized spacial score (nSPS) is 17.7. The summed E-state index contributed by atoms with van der Waals surface area (Å²) in [6.07, 6.45) is 4.75. The highest BCUT2D eigenvalue weighted by atomic mass is 16.2. The maximum Gasteiger partial charge on any atom is 0.230 e. The lowest BCUT2D eigenvalue weighted by Gasteiger charge is -2.44. The number of amides is 1. The second kappa shape index (κ2) is 9.95. The van der Waals surface area contributed by atoms with Crippen molar-refractivity contribution < 1.29 is 19.2 Å². The molecule has 180 valence electrons. The van der Waals surface area contributed by atoms with Gasteiger partial charge in [0.05, 0.1) is 6.42 Å². The Labute approximate surface area is 206 Å². The van der Waals surface area contributed by atoms with E-state index in [0.29, 0.717) is 44.3 Å². The average molecular weight is 471 g/mol. The number of pyridine rings is 1. The molecule has 0 bridgehead atoms. The summed E-state index contributed by atoms with van der Waals surface area (Å²) in [5.74, 6) is 4.71. The lowest BCUT2D eigenvalue weighted by atomic mass is 9.62. The summed E-state index contributed by atoms with van der Waals surface area (Å²) in [6, 6.07) is 7.09. The number of aryl methyl sites for hydroxylation is 2. The first-order chi connectivity index (χ1) is 16.7. The number of nitrogens with zero attached hydrogens (tertiary/aromatic N) is 2. The molecule has 2 heterocycles. The van der Waals surface area contributed by atoms with E-state index in [9.17, 15) is 19.2 Å². The summed E-state index contributed by atoms with van der Waals surface area (Å²) < 4.78 is 0. The highest BCUT2D eigenvalue weighted by Crippen LogP contribution is 2.46. The number of Topliss-reactive ketones (excluding diaryl/α,β-unsaturated/α-hetero) is 3. The van der Waals surface area contributed by atoms with Gasteiger partial charge in [0.1, 0.15) is 17.5 Å². The molecule has 0 unspecified atom stereocenters. The fourth-order valence-corrected chi connectivity index (χ4v) is 5.63. The van der Waals surface area contributed by atoms with Crippen molar-refractivity contribution in [1.82, 2.24) is 9.88 Å². The monoisotopic (exact) mass is 470 g/mol. The van der Waals surface area contributed by atoms with Crippen LogP contribution in [0.5, 0.6) is 0 Å². The maximum atomic E-state index is 13.3. The summed E-state index contributed by atoms with van der Waals surface area (Å²) >= 11 is 0. The number of ketones is 3. The quantitative estimate of drug-likeness (QED) is 0.384. The van der Waals surface area contributed by atoms with Gasteiger partial charge in [-0.15, -0.1) is 5.92 Å². The van der Waals surface area contributed by atoms with E-state index in [1.807, 2.05) is 26.0 Å². The summed E-state index contributed by atoms with van der Waals surface area (Å²) in [4.78, 5) is 57.4. The number of rotatable bonds is 4. The number of hydrogen-bond acceptors (Lipinski definition) is 5. The van der Waals surface area contributed by atoms with Crippen LogP contribution in [0.25, 0.3) is 0 Å². The van der Waals surface area contributed by atoms with Gasteiger partial charge in [-0.05, 0) is 80.0 Å². The standard InChI is InChI=1S/C29H30N2O4/c1-4-5-21-14-19(2)27(20(3)15-21)28-24(33)17-29(18-25(28)34)8-12-31(13-9-29)26(35)16-23(32)22-6-10-30-11-7-22/h6-7,10-11,14-15,28H,8-9,12-13,16-18H2,1-3H3. The minimum atomic E-state index is -0.720. The summed E-state index contributed by atoms with van der Waals surface area (Å²) in [5.41, 5.74) is 3.62. The van der Waals surface area contributed by atoms with E-state index in [1.54, 1.807) is 24.0 Å². The zero-order valence-electron chi connectivity index (χ0n) is 20.5. The van der Waals surface area contributed by atoms with E-state index in [1.165, 1.54) is 12.4 Å². The van der Waals surface area contributed by atoms with E-state index >= 15 is 0 Å². The molecule has 2 fully saturated rings. The molecule has 1 aliphatic heterocycles. The van der Waals surface area contributed by atoms with Gasteiger partial charge in [-0.3, -0.25) is 24.2 Å². The molecule has 2 aromatic rings. The van der Waals surface area contributed by atoms with E-state index in [-0.39, 0.29) is 29.7 Å². The van der Waals surface area contributed by atoms with E-state index < -0.39 is 11.3 Å². The molecule has 2 aliphatic rings. The van der Waals surface area contributed by atoms with Crippen molar-refractivity contribution in [2.45, 2.75) is 58.8 Å². The van der Waals surface area contributed by atoms with Crippen LogP contribution in [0.1, 0.15) is 77.6 Å². The first kappa shape index (κ1) is 24.5.